The van der Waals surface area contributed by atoms with Gasteiger partial charge in [-0.05, 0) is 36.8 Å². The standard InChI is InChI=1S/C25H26N6O3/c1-33-23-13-17(3-4-21(23)30-9-6-18(32)14-30)28-24-25-27-7-10-31(25)15-20(29-24)16-2-5-22-19(12-16)26-8-11-34-22/h2-5,7,10,12-13,15,18,26,32H,6,8-9,11,14H2,1H3,(H,28,29)/t18-/m1/s1. The van der Waals surface area contributed by atoms with E-state index < -0.39 is 0 Å². The molecule has 2 aliphatic rings. The maximum atomic E-state index is 9.92. The van der Waals surface area contributed by atoms with Crippen molar-refractivity contribution in [3.63, 3.8) is 0 Å². The molecule has 34 heavy (non-hydrogen) atoms. The lowest BCUT2D eigenvalue weighted by Gasteiger charge is -2.21. The Morgan fingerprint density at radius 3 is 3.03 bits per heavy atom. The number of fused-ring (bicyclic) bond motifs is 2. The second-order valence-corrected chi connectivity index (χ2v) is 8.52. The van der Waals surface area contributed by atoms with Gasteiger partial charge in [-0.15, -0.1) is 0 Å². The van der Waals surface area contributed by atoms with Gasteiger partial charge < -0.3 is 34.5 Å². The summed E-state index contributed by atoms with van der Waals surface area (Å²) in [4.78, 5) is 11.5. The number of aromatic nitrogens is 3. The molecule has 2 aliphatic heterocycles. The van der Waals surface area contributed by atoms with Gasteiger partial charge in [0.15, 0.2) is 11.5 Å². The molecule has 0 amide bonds. The number of β-amino-alcohol motifs (C(OH)–C–C–N with tert-alkyl or cyclic N) is 1. The second kappa shape index (κ2) is 8.42. The molecule has 2 aromatic heterocycles. The summed E-state index contributed by atoms with van der Waals surface area (Å²) in [5.41, 5.74) is 5.32. The summed E-state index contributed by atoms with van der Waals surface area (Å²) < 4.78 is 13.3. The summed E-state index contributed by atoms with van der Waals surface area (Å²) in [6.45, 7) is 2.87. The predicted octanol–water partition coefficient (Wildman–Crippen LogP) is 3.52. The zero-order chi connectivity index (χ0) is 23.1. The SMILES string of the molecule is COc1cc(Nc2nc(-c3ccc4c(c3)NCCO4)cn3ccnc23)ccc1N1CC[C@@H](O)C1. The van der Waals surface area contributed by atoms with Crippen LogP contribution in [0, 0.1) is 0 Å². The third-order valence-electron chi connectivity index (χ3n) is 6.27. The summed E-state index contributed by atoms with van der Waals surface area (Å²) in [6.07, 6.45) is 6.11. The zero-order valence-electron chi connectivity index (χ0n) is 18.9. The lowest BCUT2D eigenvalue weighted by atomic mass is 10.1. The molecule has 1 fully saturated rings. The maximum Gasteiger partial charge on any atom is 0.180 e. The molecule has 0 spiro atoms. The molecule has 174 valence electrons. The zero-order valence-corrected chi connectivity index (χ0v) is 18.9. The van der Waals surface area contributed by atoms with Crippen LogP contribution in [0.25, 0.3) is 16.9 Å². The second-order valence-electron chi connectivity index (χ2n) is 8.52. The lowest BCUT2D eigenvalue weighted by Crippen LogP contribution is -2.21. The van der Waals surface area contributed by atoms with Crippen molar-refractivity contribution >= 4 is 28.5 Å². The number of imidazole rings is 1. The molecule has 0 unspecified atom stereocenters. The van der Waals surface area contributed by atoms with E-state index in [0.29, 0.717) is 19.0 Å². The fraction of sp³-hybridized carbons (Fsp3) is 0.280. The van der Waals surface area contributed by atoms with Crippen LogP contribution in [-0.2, 0) is 0 Å². The van der Waals surface area contributed by atoms with Crippen molar-refractivity contribution in [1.82, 2.24) is 14.4 Å². The van der Waals surface area contributed by atoms with E-state index in [1.54, 1.807) is 13.3 Å². The highest BCUT2D eigenvalue weighted by Gasteiger charge is 2.23. The van der Waals surface area contributed by atoms with E-state index in [1.807, 2.05) is 47.1 Å². The minimum atomic E-state index is -0.298. The smallest absolute Gasteiger partial charge is 0.180 e. The van der Waals surface area contributed by atoms with E-state index >= 15 is 0 Å². The average Bonchev–Trinajstić information content (AvgIpc) is 3.52. The van der Waals surface area contributed by atoms with E-state index in [9.17, 15) is 5.11 Å². The van der Waals surface area contributed by atoms with Gasteiger partial charge in [0.05, 0.1) is 30.3 Å². The first-order chi connectivity index (χ1) is 16.7. The number of hydrogen-bond donors (Lipinski definition) is 3. The minimum absolute atomic E-state index is 0.298. The van der Waals surface area contributed by atoms with Crippen molar-refractivity contribution in [2.24, 2.45) is 0 Å². The Kier molecular flexibility index (Phi) is 5.10. The first-order valence-corrected chi connectivity index (χ1v) is 11.4. The van der Waals surface area contributed by atoms with Gasteiger partial charge in [0.2, 0.25) is 0 Å². The van der Waals surface area contributed by atoms with Crippen molar-refractivity contribution < 1.29 is 14.6 Å². The Morgan fingerprint density at radius 2 is 2.18 bits per heavy atom. The molecule has 2 aromatic carbocycles. The molecule has 1 atom stereocenters. The number of aliphatic hydroxyl groups excluding tert-OH is 1. The van der Waals surface area contributed by atoms with Crippen LogP contribution in [0.3, 0.4) is 0 Å². The van der Waals surface area contributed by atoms with E-state index in [2.05, 4.69) is 26.6 Å². The van der Waals surface area contributed by atoms with Crippen molar-refractivity contribution in [2.45, 2.75) is 12.5 Å². The van der Waals surface area contributed by atoms with Crippen molar-refractivity contribution in [2.75, 3.05) is 48.9 Å². The summed E-state index contributed by atoms with van der Waals surface area (Å²) in [6, 6.07) is 12.0. The van der Waals surface area contributed by atoms with Gasteiger partial charge in [0.1, 0.15) is 18.1 Å². The van der Waals surface area contributed by atoms with Gasteiger partial charge >= 0.3 is 0 Å². The van der Waals surface area contributed by atoms with Crippen LogP contribution in [-0.4, -0.2) is 58.9 Å². The van der Waals surface area contributed by atoms with Crippen LogP contribution >= 0.6 is 0 Å². The highest BCUT2D eigenvalue weighted by Crippen LogP contribution is 2.36. The van der Waals surface area contributed by atoms with Gasteiger partial charge in [0.25, 0.3) is 0 Å². The summed E-state index contributed by atoms with van der Waals surface area (Å²) in [5.74, 6) is 2.25. The third-order valence-corrected chi connectivity index (χ3v) is 6.27. The Balaban J connectivity index is 1.35. The van der Waals surface area contributed by atoms with Gasteiger partial charge in [-0.2, -0.15) is 0 Å². The molecule has 3 N–H and O–H groups in total. The molecule has 0 saturated carbocycles. The van der Waals surface area contributed by atoms with Crippen molar-refractivity contribution in [1.29, 1.82) is 0 Å². The quantitative estimate of drug-likeness (QED) is 0.418. The third kappa shape index (κ3) is 3.73. The topological polar surface area (TPSA) is 96.2 Å². The van der Waals surface area contributed by atoms with Gasteiger partial charge in [-0.1, -0.05) is 0 Å². The fourth-order valence-corrected chi connectivity index (χ4v) is 4.57. The van der Waals surface area contributed by atoms with Gasteiger partial charge in [0, 0.05) is 55.5 Å². The predicted molar refractivity (Wildman–Crippen MR) is 132 cm³/mol. The molecule has 4 heterocycles. The molecule has 0 bridgehead atoms. The lowest BCUT2D eigenvalue weighted by molar-refractivity contribution is 0.198. The number of aliphatic hydroxyl groups is 1. The van der Waals surface area contributed by atoms with Crippen LogP contribution < -0.4 is 25.0 Å². The average molecular weight is 459 g/mol. The molecule has 0 radical (unpaired) electrons. The summed E-state index contributed by atoms with van der Waals surface area (Å²) in [5, 5.41) is 16.7. The van der Waals surface area contributed by atoms with Crippen LogP contribution in [0.5, 0.6) is 11.5 Å². The molecule has 4 aromatic rings. The molecular formula is C25H26N6O3. The van der Waals surface area contributed by atoms with Crippen LogP contribution in [0.15, 0.2) is 55.0 Å². The number of nitrogens with one attached hydrogen (secondary N) is 2. The van der Waals surface area contributed by atoms with Gasteiger partial charge in [-0.25, -0.2) is 9.97 Å². The summed E-state index contributed by atoms with van der Waals surface area (Å²) in [7, 11) is 1.66. The van der Waals surface area contributed by atoms with E-state index in [0.717, 1.165) is 65.0 Å². The number of hydrogen-bond acceptors (Lipinski definition) is 8. The number of ether oxygens (including phenoxy) is 2. The molecule has 9 heteroatoms. The van der Waals surface area contributed by atoms with Crippen LogP contribution in [0.2, 0.25) is 0 Å². The number of methoxy groups -OCH3 is 1. The number of anilines is 4. The van der Waals surface area contributed by atoms with E-state index in [4.69, 9.17) is 14.5 Å². The first kappa shape index (κ1) is 20.6. The molecule has 0 aliphatic carbocycles. The van der Waals surface area contributed by atoms with E-state index in [-0.39, 0.29) is 6.10 Å². The normalized spacial score (nSPS) is 17.2. The van der Waals surface area contributed by atoms with Gasteiger partial charge in [-0.3, -0.25) is 0 Å². The molecule has 1 saturated heterocycles. The largest absolute Gasteiger partial charge is 0.495 e. The van der Waals surface area contributed by atoms with Crippen LogP contribution in [0.4, 0.5) is 22.9 Å². The van der Waals surface area contributed by atoms with E-state index in [1.165, 1.54) is 0 Å². The first-order valence-electron chi connectivity index (χ1n) is 11.4. The Labute approximate surface area is 197 Å². The Morgan fingerprint density at radius 1 is 1.24 bits per heavy atom. The Bertz CT molecular complexity index is 1350. The summed E-state index contributed by atoms with van der Waals surface area (Å²) >= 11 is 0. The fourth-order valence-electron chi connectivity index (χ4n) is 4.57. The van der Waals surface area contributed by atoms with Crippen molar-refractivity contribution in [3.8, 4) is 22.8 Å². The monoisotopic (exact) mass is 458 g/mol. The molecular weight excluding hydrogens is 432 g/mol. The van der Waals surface area contributed by atoms with Crippen molar-refractivity contribution in [3.05, 3.63) is 55.0 Å². The number of benzene rings is 2. The van der Waals surface area contributed by atoms with Crippen LogP contribution in [0.1, 0.15) is 6.42 Å². The highest BCUT2D eigenvalue weighted by molar-refractivity contribution is 5.77. The highest BCUT2D eigenvalue weighted by atomic mass is 16.5. The minimum Gasteiger partial charge on any atom is -0.495 e. The molecule has 6 rings (SSSR count). The molecule has 9 nitrogen and oxygen atoms in total. The number of rotatable bonds is 5. The number of nitrogens with zero attached hydrogens (tertiary/aromatic N) is 4. The maximum absolute atomic E-state index is 9.92. The Hall–Kier alpha value is -3.98.